The molecule has 0 saturated carbocycles. The van der Waals surface area contributed by atoms with Gasteiger partial charge in [0.2, 0.25) is 0 Å². The fourth-order valence-electron chi connectivity index (χ4n) is 2.33. The number of benzene rings is 2. The molecule has 0 amide bonds. The summed E-state index contributed by atoms with van der Waals surface area (Å²) in [5.41, 5.74) is 3.61. The number of halogens is 3. The molecule has 0 fully saturated rings. The third-order valence-corrected chi connectivity index (χ3v) is 3.69. The molecule has 0 radical (unpaired) electrons. The quantitative estimate of drug-likeness (QED) is 0.662. The normalized spacial score (nSPS) is 12.5. The Kier molecular flexibility index (Phi) is 3.91. The Morgan fingerprint density at radius 2 is 1.53 bits per heavy atom. The monoisotopic (exact) mass is 280 g/mol. The summed E-state index contributed by atoms with van der Waals surface area (Å²) in [5, 5.41) is -0.611. The maximum absolute atomic E-state index is 13.9. The minimum atomic E-state index is -0.611. The van der Waals surface area contributed by atoms with Gasteiger partial charge in [-0.25, -0.2) is 8.78 Å². The first-order valence-electron chi connectivity index (χ1n) is 6.07. The topological polar surface area (TPSA) is 0 Å². The largest absolute Gasteiger partial charge is 0.207 e. The molecule has 0 N–H and O–H groups in total. The summed E-state index contributed by atoms with van der Waals surface area (Å²) < 4.78 is 27.2. The standard InChI is InChI=1S/C16H15ClF2/c1-9-4-5-14(19)13(6-9)16(17)15-10(2)7-12(18)8-11(15)3/h4-8,16H,1-3H3. The van der Waals surface area contributed by atoms with E-state index >= 15 is 0 Å². The molecule has 0 aromatic heterocycles. The van der Waals surface area contributed by atoms with Crippen LogP contribution in [0.2, 0.25) is 0 Å². The van der Waals surface area contributed by atoms with Gasteiger partial charge >= 0.3 is 0 Å². The smallest absolute Gasteiger partial charge is 0.128 e. The lowest BCUT2D eigenvalue weighted by Crippen LogP contribution is -2.03. The van der Waals surface area contributed by atoms with Crippen molar-refractivity contribution in [3.05, 3.63) is 69.8 Å². The number of hydrogen-bond donors (Lipinski definition) is 0. The Balaban J connectivity index is 2.56. The lowest BCUT2D eigenvalue weighted by Gasteiger charge is -2.17. The average molecular weight is 281 g/mol. The predicted molar refractivity (Wildman–Crippen MR) is 74.7 cm³/mol. The SMILES string of the molecule is Cc1ccc(F)c(C(Cl)c2c(C)cc(F)cc2C)c1. The van der Waals surface area contributed by atoms with Crippen molar-refractivity contribution in [3.63, 3.8) is 0 Å². The van der Waals surface area contributed by atoms with E-state index in [-0.39, 0.29) is 11.6 Å². The van der Waals surface area contributed by atoms with Crippen LogP contribution in [0, 0.1) is 32.4 Å². The van der Waals surface area contributed by atoms with Crippen LogP contribution in [0.5, 0.6) is 0 Å². The highest BCUT2D eigenvalue weighted by Crippen LogP contribution is 2.35. The predicted octanol–water partition coefficient (Wildman–Crippen LogP) is 5.22. The minimum absolute atomic E-state index is 0.299. The van der Waals surface area contributed by atoms with Gasteiger partial charge in [0, 0.05) is 5.56 Å². The lowest BCUT2D eigenvalue weighted by atomic mass is 9.94. The van der Waals surface area contributed by atoms with E-state index in [2.05, 4.69) is 0 Å². The van der Waals surface area contributed by atoms with Gasteiger partial charge in [-0.05, 0) is 55.7 Å². The molecule has 0 nitrogen and oxygen atoms in total. The second-order valence-electron chi connectivity index (χ2n) is 4.84. The Morgan fingerprint density at radius 3 is 2.11 bits per heavy atom. The minimum Gasteiger partial charge on any atom is -0.207 e. The fourth-order valence-corrected chi connectivity index (χ4v) is 2.85. The third-order valence-electron chi connectivity index (χ3n) is 3.24. The Labute approximate surface area is 117 Å². The molecule has 2 aromatic carbocycles. The second kappa shape index (κ2) is 5.30. The van der Waals surface area contributed by atoms with E-state index in [1.807, 2.05) is 6.92 Å². The third kappa shape index (κ3) is 2.79. The van der Waals surface area contributed by atoms with Gasteiger partial charge in [-0.2, -0.15) is 0 Å². The highest BCUT2D eigenvalue weighted by atomic mass is 35.5. The van der Waals surface area contributed by atoms with E-state index in [0.717, 1.165) is 22.3 Å². The Hall–Kier alpha value is -1.41. The first-order valence-corrected chi connectivity index (χ1v) is 6.50. The van der Waals surface area contributed by atoms with Crippen LogP contribution in [0.3, 0.4) is 0 Å². The van der Waals surface area contributed by atoms with Crippen LogP contribution in [0.4, 0.5) is 8.78 Å². The van der Waals surface area contributed by atoms with Crippen molar-refractivity contribution < 1.29 is 8.78 Å². The molecule has 0 saturated heterocycles. The Bertz CT molecular complexity index is 597. The van der Waals surface area contributed by atoms with Gasteiger partial charge in [-0.15, -0.1) is 11.6 Å². The summed E-state index contributed by atoms with van der Waals surface area (Å²) in [4.78, 5) is 0. The average Bonchev–Trinajstić information content (AvgIpc) is 2.30. The molecule has 2 aromatic rings. The van der Waals surface area contributed by atoms with Crippen molar-refractivity contribution in [1.82, 2.24) is 0 Å². The number of rotatable bonds is 2. The van der Waals surface area contributed by atoms with Crippen LogP contribution in [0.15, 0.2) is 30.3 Å². The van der Waals surface area contributed by atoms with Gasteiger partial charge < -0.3 is 0 Å². The number of aryl methyl sites for hydroxylation is 3. The molecule has 0 aliphatic carbocycles. The van der Waals surface area contributed by atoms with Crippen molar-refractivity contribution in [2.45, 2.75) is 26.1 Å². The van der Waals surface area contributed by atoms with Crippen LogP contribution in [-0.2, 0) is 0 Å². The lowest BCUT2D eigenvalue weighted by molar-refractivity contribution is 0.610. The fraction of sp³-hybridized carbons (Fsp3) is 0.250. The summed E-state index contributed by atoms with van der Waals surface area (Å²) in [6.45, 7) is 5.46. The van der Waals surface area contributed by atoms with E-state index in [0.29, 0.717) is 5.56 Å². The van der Waals surface area contributed by atoms with Crippen LogP contribution in [-0.4, -0.2) is 0 Å². The molecule has 0 aliphatic heterocycles. The molecule has 2 rings (SSSR count). The molecule has 3 heteroatoms. The second-order valence-corrected chi connectivity index (χ2v) is 5.28. The van der Waals surface area contributed by atoms with Crippen molar-refractivity contribution in [2.24, 2.45) is 0 Å². The Morgan fingerprint density at radius 1 is 0.947 bits per heavy atom. The van der Waals surface area contributed by atoms with E-state index in [4.69, 9.17) is 11.6 Å². The van der Waals surface area contributed by atoms with E-state index in [1.54, 1.807) is 26.0 Å². The zero-order chi connectivity index (χ0) is 14.2. The molecule has 0 spiro atoms. The van der Waals surface area contributed by atoms with E-state index in [1.165, 1.54) is 18.2 Å². The summed E-state index contributed by atoms with van der Waals surface area (Å²) in [5.74, 6) is -0.638. The highest BCUT2D eigenvalue weighted by Gasteiger charge is 2.19. The molecular formula is C16H15ClF2. The zero-order valence-electron chi connectivity index (χ0n) is 11.1. The zero-order valence-corrected chi connectivity index (χ0v) is 11.9. The van der Waals surface area contributed by atoms with Crippen LogP contribution >= 0.6 is 11.6 Å². The van der Waals surface area contributed by atoms with Crippen molar-refractivity contribution in [1.29, 1.82) is 0 Å². The summed E-state index contributed by atoms with van der Waals surface area (Å²) in [6, 6.07) is 7.69. The van der Waals surface area contributed by atoms with Crippen LogP contribution in [0.1, 0.15) is 33.2 Å². The van der Waals surface area contributed by atoms with Crippen molar-refractivity contribution in [2.75, 3.05) is 0 Å². The first kappa shape index (κ1) is 14.0. The highest BCUT2D eigenvalue weighted by molar-refractivity contribution is 6.22. The van der Waals surface area contributed by atoms with Crippen molar-refractivity contribution in [3.8, 4) is 0 Å². The van der Waals surface area contributed by atoms with Gasteiger partial charge in [0.1, 0.15) is 11.6 Å². The molecule has 100 valence electrons. The number of hydrogen-bond acceptors (Lipinski definition) is 0. The van der Waals surface area contributed by atoms with Gasteiger partial charge in [0.05, 0.1) is 5.38 Å². The van der Waals surface area contributed by atoms with Crippen LogP contribution in [0.25, 0.3) is 0 Å². The molecular weight excluding hydrogens is 266 g/mol. The molecule has 0 heterocycles. The van der Waals surface area contributed by atoms with Crippen molar-refractivity contribution >= 4 is 11.6 Å². The van der Waals surface area contributed by atoms with Gasteiger partial charge in [-0.3, -0.25) is 0 Å². The van der Waals surface area contributed by atoms with E-state index in [9.17, 15) is 8.78 Å². The summed E-state index contributed by atoms with van der Waals surface area (Å²) in [6.07, 6.45) is 0. The molecule has 0 aliphatic rings. The van der Waals surface area contributed by atoms with Crippen LogP contribution < -0.4 is 0 Å². The summed E-state index contributed by atoms with van der Waals surface area (Å²) >= 11 is 6.41. The van der Waals surface area contributed by atoms with Gasteiger partial charge in [-0.1, -0.05) is 17.7 Å². The molecule has 19 heavy (non-hydrogen) atoms. The molecule has 1 unspecified atom stereocenters. The van der Waals surface area contributed by atoms with Gasteiger partial charge in [0.25, 0.3) is 0 Å². The van der Waals surface area contributed by atoms with E-state index < -0.39 is 5.38 Å². The first-order chi connectivity index (χ1) is 8.90. The summed E-state index contributed by atoms with van der Waals surface area (Å²) in [7, 11) is 0. The maximum Gasteiger partial charge on any atom is 0.128 e. The van der Waals surface area contributed by atoms with Gasteiger partial charge in [0.15, 0.2) is 0 Å². The molecule has 1 atom stereocenters. The molecule has 0 bridgehead atoms. The number of alkyl halides is 1. The maximum atomic E-state index is 13.9.